The molecule has 14 heteroatoms. The third-order valence-corrected chi connectivity index (χ3v) is 13.1. The van der Waals surface area contributed by atoms with Crippen molar-refractivity contribution in [1.82, 2.24) is 19.9 Å². The van der Waals surface area contributed by atoms with Gasteiger partial charge in [0.05, 0.1) is 30.0 Å². The second-order valence-electron chi connectivity index (χ2n) is 14.9. The highest BCUT2D eigenvalue weighted by Crippen LogP contribution is 2.47. The number of rotatable bonds is 8. The van der Waals surface area contributed by atoms with Gasteiger partial charge in [-0.1, -0.05) is 25.0 Å². The Morgan fingerprint density at radius 3 is 2.58 bits per heavy atom. The molecule has 4 N–H and O–H groups in total. The van der Waals surface area contributed by atoms with Gasteiger partial charge in [0, 0.05) is 29.4 Å². The van der Waals surface area contributed by atoms with Gasteiger partial charge in [-0.15, -0.1) is 0 Å². The molecule has 5 aliphatic rings. The van der Waals surface area contributed by atoms with Gasteiger partial charge < -0.3 is 30.2 Å². The number of methoxy groups -OCH3 is 1. The summed E-state index contributed by atoms with van der Waals surface area (Å²) in [6.07, 6.45) is 10.3. The maximum absolute atomic E-state index is 14.2. The Balaban J connectivity index is 1.18. The molecule has 0 bridgehead atoms. The molecule has 1 aromatic heterocycles. The van der Waals surface area contributed by atoms with Crippen molar-refractivity contribution in [3.63, 3.8) is 0 Å². The molecule has 1 saturated heterocycles. The van der Waals surface area contributed by atoms with Gasteiger partial charge in [-0.05, 0) is 77.3 Å². The van der Waals surface area contributed by atoms with E-state index >= 15 is 0 Å². The first kappa shape index (κ1) is 34.5. The molecular weight excluding hydrogens is 662 g/mol. The minimum Gasteiger partial charge on any atom is -0.496 e. The Labute approximate surface area is 292 Å². The molecule has 3 aliphatic carbocycles. The number of nitrogens with one attached hydrogen (secondary N) is 2. The maximum atomic E-state index is 14.2. The van der Waals surface area contributed by atoms with Crippen molar-refractivity contribution in [2.45, 2.75) is 119 Å². The van der Waals surface area contributed by atoms with Crippen LogP contribution in [-0.4, -0.2) is 84.3 Å². The predicted molar refractivity (Wildman–Crippen MR) is 185 cm³/mol. The molecule has 3 saturated carbocycles. The largest absolute Gasteiger partial charge is 0.496 e. The second-order valence-corrected chi connectivity index (χ2v) is 17.1. The average molecular weight is 710 g/mol. The van der Waals surface area contributed by atoms with E-state index in [1.54, 1.807) is 20.1 Å². The number of hydrogen-bond donors (Lipinski definition) is 3. The van der Waals surface area contributed by atoms with Crippen molar-refractivity contribution in [2.24, 2.45) is 11.7 Å². The standard InChI is InChI=1S/C36H47N5O8S/c1-21-28(47-3)14-13-25-29(18-30(38-31(21)25)49-23-11-12-23)48-24-17-27-32(42)39-36(34(44)40-50(45,46)35(2)15-16-35)19-22(36)9-7-5-4-6-8-10-26(37)33(43)41(27)20-24/h7,9,13-14,18,22-24,26-27H,4-6,8,10-12,15-17,19-20,37H2,1-3H3,(H,39,42)(H,40,44)/b9-7-/t22?,24-,26+,27+,36?/m1/s1. The molecule has 2 aliphatic heterocycles. The van der Waals surface area contributed by atoms with Crippen LogP contribution in [0.1, 0.15) is 83.1 Å². The van der Waals surface area contributed by atoms with Crippen molar-refractivity contribution in [3.8, 4) is 17.4 Å². The van der Waals surface area contributed by atoms with Gasteiger partial charge in [0.1, 0.15) is 35.3 Å². The number of aryl methyl sites for hydroxylation is 1. The minimum absolute atomic E-state index is 0.0949. The number of sulfonamides is 1. The zero-order valence-corrected chi connectivity index (χ0v) is 29.7. The van der Waals surface area contributed by atoms with Gasteiger partial charge in [-0.3, -0.25) is 19.1 Å². The number of nitrogens with two attached hydrogens (primary N) is 1. The number of hydrogen-bond acceptors (Lipinski definition) is 10. The van der Waals surface area contributed by atoms with Crippen molar-refractivity contribution in [1.29, 1.82) is 0 Å². The summed E-state index contributed by atoms with van der Waals surface area (Å²) < 4.78 is 45.6. The summed E-state index contributed by atoms with van der Waals surface area (Å²) in [7, 11) is -2.34. The predicted octanol–water partition coefficient (Wildman–Crippen LogP) is 3.16. The van der Waals surface area contributed by atoms with E-state index in [4.69, 9.17) is 24.9 Å². The topological polar surface area (TPSA) is 179 Å². The molecule has 0 spiro atoms. The summed E-state index contributed by atoms with van der Waals surface area (Å²) in [5.74, 6) is -0.452. The fraction of sp³-hybridized carbons (Fsp3) is 0.611. The summed E-state index contributed by atoms with van der Waals surface area (Å²) in [6, 6.07) is 3.66. The number of benzene rings is 1. The Kier molecular flexibility index (Phi) is 8.98. The van der Waals surface area contributed by atoms with Crippen LogP contribution in [0.4, 0.5) is 0 Å². The summed E-state index contributed by atoms with van der Waals surface area (Å²) in [5.41, 5.74) is 6.47. The van der Waals surface area contributed by atoms with Gasteiger partial charge >= 0.3 is 0 Å². The number of aromatic nitrogens is 1. The highest BCUT2D eigenvalue weighted by atomic mass is 32.2. The molecule has 2 aromatic rings. The summed E-state index contributed by atoms with van der Waals surface area (Å²) in [4.78, 5) is 48.0. The van der Waals surface area contributed by atoms with E-state index in [-0.39, 0.29) is 37.3 Å². The van der Waals surface area contributed by atoms with E-state index in [1.807, 2.05) is 31.2 Å². The summed E-state index contributed by atoms with van der Waals surface area (Å²) >= 11 is 0. The smallest absolute Gasteiger partial charge is 0.259 e. The molecule has 5 atom stereocenters. The highest BCUT2D eigenvalue weighted by molar-refractivity contribution is 7.91. The maximum Gasteiger partial charge on any atom is 0.259 e. The van der Waals surface area contributed by atoms with Gasteiger partial charge in [0.15, 0.2) is 0 Å². The Hall–Kier alpha value is -3.91. The lowest BCUT2D eigenvalue weighted by Crippen LogP contribution is -2.58. The zero-order valence-electron chi connectivity index (χ0n) is 28.9. The van der Waals surface area contributed by atoms with Crippen molar-refractivity contribution >= 4 is 38.6 Å². The number of amides is 3. The number of ether oxygens (including phenoxy) is 3. The van der Waals surface area contributed by atoms with Crippen LogP contribution in [0, 0.1) is 12.8 Å². The van der Waals surface area contributed by atoms with Crippen LogP contribution in [0.15, 0.2) is 30.4 Å². The van der Waals surface area contributed by atoms with Crippen LogP contribution in [0.5, 0.6) is 17.4 Å². The Morgan fingerprint density at radius 1 is 1.08 bits per heavy atom. The number of carbonyl (C=O) groups excluding carboxylic acids is 3. The minimum atomic E-state index is -3.94. The number of nitrogens with zero attached hydrogens (tertiary/aromatic N) is 2. The second kappa shape index (κ2) is 13.0. The van der Waals surface area contributed by atoms with Crippen LogP contribution >= 0.6 is 0 Å². The molecule has 7 rings (SSSR count). The van der Waals surface area contributed by atoms with E-state index in [2.05, 4.69) is 10.0 Å². The highest BCUT2D eigenvalue weighted by Gasteiger charge is 2.63. The van der Waals surface area contributed by atoms with Crippen LogP contribution in [-0.2, 0) is 24.4 Å². The van der Waals surface area contributed by atoms with Crippen LogP contribution in [0.2, 0.25) is 0 Å². The van der Waals surface area contributed by atoms with Crippen LogP contribution < -0.4 is 30.0 Å². The molecule has 270 valence electrons. The molecule has 3 amide bonds. The number of allylic oxidation sites excluding steroid dienone is 1. The lowest BCUT2D eigenvalue weighted by Gasteiger charge is -2.28. The monoisotopic (exact) mass is 709 g/mol. The van der Waals surface area contributed by atoms with E-state index in [0.717, 1.165) is 49.5 Å². The lowest BCUT2D eigenvalue weighted by atomic mass is 10.1. The number of carbonyl (C=O) groups is 3. The molecule has 4 fully saturated rings. The normalized spacial score (nSPS) is 30.2. The van der Waals surface area contributed by atoms with Crippen molar-refractivity contribution < 1.29 is 37.0 Å². The van der Waals surface area contributed by atoms with Gasteiger partial charge in [-0.2, -0.15) is 0 Å². The van der Waals surface area contributed by atoms with Crippen molar-refractivity contribution in [3.05, 3.63) is 35.9 Å². The lowest BCUT2D eigenvalue weighted by molar-refractivity contribution is -0.140. The Bertz CT molecular complexity index is 1840. The average Bonchev–Trinajstić information content (AvgIpc) is 4.03. The van der Waals surface area contributed by atoms with Gasteiger partial charge in [0.2, 0.25) is 27.7 Å². The van der Waals surface area contributed by atoms with Crippen LogP contribution in [0.3, 0.4) is 0 Å². The third kappa shape index (κ3) is 6.63. The quantitative estimate of drug-likeness (QED) is 0.345. The molecule has 50 heavy (non-hydrogen) atoms. The summed E-state index contributed by atoms with van der Waals surface area (Å²) in [6.45, 7) is 3.62. The van der Waals surface area contributed by atoms with Gasteiger partial charge in [-0.25, -0.2) is 13.4 Å². The summed E-state index contributed by atoms with van der Waals surface area (Å²) in [5, 5.41) is 3.64. The third-order valence-electron chi connectivity index (χ3n) is 11.0. The SMILES string of the molecule is COc1ccc2c(O[C@@H]3C[C@H]4C(=O)NC5(C(=O)NS(=O)(=O)C6(C)CC6)CC5/C=C\CCCCC[C@H](N)C(=O)N4C3)cc(OC3CC3)nc2c1C. The van der Waals surface area contributed by atoms with E-state index in [9.17, 15) is 22.8 Å². The van der Waals surface area contributed by atoms with E-state index < -0.39 is 50.3 Å². The fourth-order valence-corrected chi connectivity index (χ4v) is 8.43. The molecule has 0 radical (unpaired) electrons. The molecule has 13 nitrogen and oxygen atoms in total. The first-order valence-corrected chi connectivity index (χ1v) is 19.3. The molecule has 3 heterocycles. The zero-order chi connectivity index (χ0) is 35.4. The first-order chi connectivity index (χ1) is 23.8. The molecule has 1 aromatic carbocycles. The number of pyridine rings is 1. The molecule has 2 unspecified atom stereocenters. The molecular formula is C36H47N5O8S. The van der Waals surface area contributed by atoms with E-state index in [1.165, 1.54) is 4.90 Å². The van der Waals surface area contributed by atoms with Crippen LogP contribution in [0.25, 0.3) is 10.9 Å². The Morgan fingerprint density at radius 2 is 1.86 bits per heavy atom. The van der Waals surface area contributed by atoms with E-state index in [0.29, 0.717) is 42.2 Å². The number of fused-ring (bicyclic) bond motifs is 3. The van der Waals surface area contributed by atoms with Crippen molar-refractivity contribution in [2.75, 3.05) is 13.7 Å². The first-order valence-electron chi connectivity index (χ1n) is 17.8. The fourth-order valence-electron chi connectivity index (χ4n) is 7.11. The van der Waals surface area contributed by atoms with Gasteiger partial charge in [0.25, 0.3) is 5.91 Å².